The third-order valence-electron chi connectivity index (χ3n) is 6.58. The molecule has 192 valence electrons. The number of aryl methyl sites for hydroxylation is 2. The van der Waals surface area contributed by atoms with Gasteiger partial charge in [-0.2, -0.15) is 13.2 Å². The van der Waals surface area contributed by atoms with Crippen molar-refractivity contribution < 1.29 is 17.9 Å². The lowest BCUT2D eigenvalue weighted by Crippen LogP contribution is -2.28. The van der Waals surface area contributed by atoms with Gasteiger partial charge in [-0.25, -0.2) is 4.98 Å². The average molecular weight is 490 g/mol. The number of benzene rings is 2. The minimum atomic E-state index is -4.40. The lowest BCUT2D eigenvalue weighted by Gasteiger charge is -2.22. The van der Waals surface area contributed by atoms with Crippen LogP contribution in [0.25, 0.3) is 11.0 Å². The van der Waals surface area contributed by atoms with Crippen LogP contribution in [0.5, 0.6) is 5.75 Å². The zero-order valence-corrected chi connectivity index (χ0v) is 21.4. The van der Waals surface area contributed by atoms with Crippen LogP contribution in [-0.4, -0.2) is 34.1 Å². The van der Waals surface area contributed by atoms with Gasteiger partial charge in [-0.15, -0.1) is 0 Å². The highest BCUT2D eigenvalue weighted by molar-refractivity contribution is 5.77. The Hall–Kier alpha value is -2.54. The molecule has 1 aromatic heterocycles. The van der Waals surface area contributed by atoms with E-state index in [0.717, 1.165) is 67.9 Å². The van der Waals surface area contributed by atoms with Crippen LogP contribution in [0, 0.1) is 13.8 Å². The Kier molecular flexibility index (Phi) is 9.61. The van der Waals surface area contributed by atoms with Crippen molar-refractivity contribution >= 4 is 11.0 Å². The first-order valence-corrected chi connectivity index (χ1v) is 12.7. The molecule has 0 aliphatic carbocycles. The summed E-state index contributed by atoms with van der Waals surface area (Å²) < 4.78 is 48.0. The second kappa shape index (κ2) is 12.4. The van der Waals surface area contributed by atoms with Gasteiger partial charge in [0.05, 0.1) is 16.6 Å². The molecule has 3 aromatic rings. The standard InChI is InChI=1S/C28H38F3N3O/c1-5-7-15-33(16-8-6-2)17-10-18-34-25-14-13-23(28(29,30)31)19-24(25)32-27(34)20-35-26-12-9-11-21(3)22(26)4/h9,11-14,19H,5-8,10,15-18,20H2,1-4H3. The number of imidazole rings is 1. The minimum absolute atomic E-state index is 0.204. The molecular formula is C28H38F3N3O. The molecule has 0 spiro atoms. The molecule has 1 heterocycles. The van der Waals surface area contributed by atoms with Crippen LogP contribution in [-0.2, 0) is 19.3 Å². The van der Waals surface area contributed by atoms with Gasteiger partial charge in [-0.05, 0) is 88.1 Å². The molecule has 0 amide bonds. The van der Waals surface area contributed by atoms with E-state index in [9.17, 15) is 13.2 Å². The van der Waals surface area contributed by atoms with Crippen molar-refractivity contribution in [2.45, 2.75) is 79.1 Å². The zero-order chi connectivity index (χ0) is 25.4. The summed E-state index contributed by atoms with van der Waals surface area (Å²) in [5, 5.41) is 0. The van der Waals surface area contributed by atoms with E-state index in [1.165, 1.54) is 12.8 Å². The molecule has 3 rings (SSSR count). The number of hydrogen-bond donors (Lipinski definition) is 0. The quantitative estimate of drug-likeness (QED) is 0.248. The van der Waals surface area contributed by atoms with Crippen molar-refractivity contribution in [3.05, 3.63) is 58.9 Å². The largest absolute Gasteiger partial charge is 0.485 e. The molecule has 0 saturated carbocycles. The van der Waals surface area contributed by atoms with Gasteiger partial charge < -0.3 is 14.2 Å². The molecule has 0 bridgehead atoms. The molecule has 0 N–H and O–H groups in total. The molecule has 2 aromatic carbocycles. The molecular weight excluding hydrogens is 451 g/mol. The average Bonchev–Trinajstić information content (AvgIpc) is 3.17. The molecule has 0 unspecified atom stereocenters. The van der Waals surface area contributed by atoms with Crippen LogP contribution in [0.1, 0.15) is 68.5 Å². The second-order valence-electron chi connectivity index (χ2n) is 9.27. The van der Waals surface area contributed by atoms with Gasteiger partial charge in [0.15, 0.2) is 0 Å². The lowest BCUT2D eigenvalue weighted by atomic mass is 10.1. The van der Waals surface area contributed by atoms with Crippen molar-refractivity contribution in [1.82, 2.24) is 14.5 Å². The highest BCUT2D eigenvalue weighted by Gasteiger charge is 2.31. The number of fused-ring (bicyclic) bond motifs is 1. The monoisotopic (exact) mass is 489 g/mol. The SMILES string of the molecule is CCCCN(CCCC)CCCn1c(COc2cccc(C)c2C)nc2cc(C(F)(F)F)ccc21. The topological polar surface area (TPSA) is 30.3 Å². The van der Waals surface area contributed by atoms with Gasteiger partial charge in [0.25, 0.3) is 0 Å². The molecule has 0 saturated heterocycles. The Morgan fingerprint density at radius 2 is 1.63 bits per heavy atom. The first-order valence-electron chi connectivity index (χ1n) is 12.7. The van der Waals surface area contributed by atoms with Crippen molar-refractivity contribution in [3.8, 4) is 5.75 Å². The van der Waals surface area contributed by atoms with Gasteiger partial charge >= 0.3 is 6.18 Å². The number of ether oxygens (including phenoxy) is 1. The number of unbranched alkanes of at least 4 members (excludes halogenated alkanes) is 2. The summed E-state index contributed by atoms with van der Waals surface area (Å²) >= 11 is 0. The molecule has 0 aliphatic heterocycles. The Balaban J connectivity index is 1.83. The van der Waals surface area contributed by atoms with E-state index in [1.807, 2.05) is 36.6 Å². The molecule has 35 heavy (non-hydrogen) atoms. The molecule has 0 radical (unpaired) electrons. The van der Waals surface area contributed by atoms with Crippen LogP contribution < -0.4 is 4.74 Å². The lowest BCUT2D eigenvalue weighted by molar-refractivity contribution is -0.137. The van der Waals surface area contributed by atoms with E-state index >= 15 is 0 Å². The van der Waals surface area contributed by atoms with Crippen LogP contribution in [0.15, 0.2) is 36.4 Å². The van der Waals surface area contributed by atoms with E-state index < -0.39 is 11.7 Å². The smallest absolute Gasteiger partial charge is 0.416 e. The summed E-state index contributed by atoms with van der Waals surface area (Å²) in [6, 6.07) is 9.71. The fourth-order valence-corrected chi connectivity index (χ4v) is 4.29. The highest BCUT2D eigenvalue weighted by Crippen LogP contribution is 2.32. The molecule has 0 aliphatic rings. The first-order chi connectivity index (χ1) is 16.7. The van der Waals surface area contributed by atoms with Crippen molar-refractivity contribution in [3.63, 3.8) is 0 Å². The van der Waals surface area contributed by atoms with Crippen LogP contribution >= 0.6 is 0 Å². The summed E-state index contributed by atoms with van der Waals surface area (Å²) in [7, 11) is 0. The van der Waals surface area contributed by atoms with Crippen LogP contribution in [0.4, 0.5) is 13.2 Å². The van der Waals surface area contributed by atoms with E-state index in [0.29, 0.717) is 23.4 Å². The van der Waals surface area contributed by atoms with Crippen LogP contribution in [0.2, 0.25) is 0 Å². The van der Waals surface area contributed by atoms with Crippen LogP contribution in [0.3, 0.4) is 0 Å². The number of halogens is 3. The Morgan fingerprint density at radius 3 is 2.29 bits per heavy atom. The minimum Gasteiger partial charge on any atom is -0.485 e. The summed E-state index contributed by atoms with van der Waals surface area (Å²) in [5.74, 6) is 1.42. The van der Waals surface area contributed by atoms with E-state index in [4.69, 9.17) is 4.74 Å². The van der Waals surface area contributed by atoms with Gasteiger partial charge in [-0.1, -0.05) is 38.8 Å². The van der Waals surface area contributed by atoms with Gasteiger partial charge in [0.1, 0.15) is 18.2 Å². The number of aromatic nitrogens is 2. The summed E-state index contributed by atoms with van der Waals surface area (Å²) in [6.07, 6.45) is 1.18. The first kappa shape index (κ1) is 27.1. The molecule has 4 nitrogen and oxygen atoms in total. The number of hydrogen-bond acceptors (Lipinski definition) is 3. The summed E-state index contributed by atoms with van der Waals surface area (Å²) in [5.41, 5.74) is 2.57. The maximum atomic E-state index is 13.3. The van der Waals surface area contributed by atoms with E-state index in [-0.39, 0.29) is 6.61 Å². The second-order valence-corrected chi connectivity index (χ2v) is 9.27. The third kappa shape index (κ3) is 7.23. The number of rotatable bonds is 13. The van der Waals surface area contributed by atoms with Crippen molar-refractivity contribution in [2.75, 3.05) is 19.6 Å². The van der Waals surface area contributed by atoms with Crippen molar-refractivity contribution in [2.24, 2.45) is 0 Å². The highest BCUT2D eigenvalue weighted by atomic mass is 19.4. The van der Waals surface area contributed by atoms with Gasteiger partial charge in [0, 0.05) is 6.54 Å². The fraction of sp³-hybridized carbons (Fsp3) is 0.536. The normalized spacial score (nSPS) is 12.1. The van der Waals surface area contributed by atoms with Crippen molar-refractivity contribution in [1.29, 1.82) is 0 Å². The maximum Gasteiger partial charge on any atom is 0.416 e. The predicted octanol–water partition coefficient (Wildman–Crippen LogP) is 7.54. The number of nitrogens with zero attached hydrogens (tertiary/aromatic N) is 3. The Labute approximate surface area is 207 Å². The fourth-order valence-electron chi connectivity index (χ4n) is 4.29. The summed E-state index contributed by atoms with van der Waals surface area (Å²) in [4.78, 5) is 7.08. The molecule has 7 heteroatoms. The molecule has 0 atom stereocenters. The van der Waals surface area contributed by atoms with E-state index in [2.05, 4.69) is 23.7 Å². The zero-order valence-electron chi connectivity index (χ0n) is 21.4. The van der Waals surface area contributed by atoms with Gasteiger partial charge in [0.2, 0.25) is 0 Å². The van der Waals surface area contributed by atoms with E-state index in [1.54, 1.807) is 6.07 Å². The Morgan fingerprint density at radius 1 is 0.943 bits per heavy atom. The Bertz CT molecular complexity index is 1080. The maximum absolute atomic E-state index is 13.3. The third-order valence-corrected chi connectivity index (χ3v) is 6.58. The van der Waals surface area contributed by atoms with Gasteiger partial charge in [-0.3, -0.25) is 0 Å². The number of alkyl halides is 3. The molecule has 0 fully saturated rings. The summed E-state index contributed by atoms with van der Waals surface area (Å²) in [6.45, 7) is 12.4. The predicted molar refractivity (Wildman–Crippen MR) is 136 cm³/mol.